The van der Waals surface area contributed by atoms with Crippen LogP contribution in [0.15, 0.2) is 30.6 Å². The fraction of sp³-hybridized carbons (Fsp3) is 0.375. The fourth-order valence-electron chi connectivity index (χ4n) is 3.05. The smallest absolute Gasteiger partial charge is 0.322 e. The molecule has 2 amide bonds. The lowest BCUT2D eigenvalue weighted by molar-refractivity contribution is -0.385. The fourth-order valence-corrected chi connectivity index (χ4v) is 3.05. The molecule has 8 heteroatoms. The van der Waals surface area contributed by atoms with Crippen molar-refractivity contribution in [1.82, 2.24) is 14.9 Å². The van der Waals surface area contributed by atoms with Crippen molar-refractivity contribution in [1.29, 1.82) is 0 Å². The summed E-state index contributed by atoms with van der Waals surface area (Å²) in [7, 11) is 0. The number of aromatic amines is 1. The molecule has 0 radical (unpaired) electrons. The molecular weight excluding hydrogens is 310 g/mol. The Morgan fingerprint density at radius 3 is 2.96 bits per heavy atom. The van der Waals surface area contributed by atoms with E-state index in [0.29, 0.717) is 17.8 Å². The number of anilines is 1. The standard InChI is InChI=1S/C16H19N5O3/c1-11-10-12(5-6-13(11)21(23)24)19-16(22)20-9-3-2-4-14(20)15-17-7-8-18-15/h5-8,10,14H,2-4,9H2,1H3,(H,17,18)(H,19,22)/t14-/m0/s1. The van der Waals surface area contributed by atoms with Crippen LogP contribution in [-0.4, -0.2) is 32.4 Å². The number of H-pyrrole nitrogens is 1. The van der Waals surface area contributed by atoms with Gasteiger partial charge in [0.15, 0.2) is 0 Å². The second-order valence-electron chi connectivity index (χ2n) is 5.87. The van der Waals surface area contributed by atoms with E-state index in [1.54, 1.807) is 36.4 Å². The molecule has 1 fully saturated rings. The molecule has 1 aliphatic heterocycles. The summed E-state index contributed by atoms with van der Waals surface area (Å²) in [4.78, 5) is 32.2. The highest BCUT2D eigenvalue weighted by Crippen LogP contribution is 2.29. The van der Waals surface area contributed by atoms with Gasteiger partial charge < -0.3 is 15.2 Å². The Balaban J connectivity index is 1.76. The van der Waals surface area contributed by atoms with Crippen molar-refractivity contribution in [2.45, 2.75) is 32.2 Å². The third-order valence-electron chi connectivity index (χ3n) is 4.24. The Morgan fingerprint density at radius 1 is 1.46 bits per heavy atom. The van der Waals surface area contributed by atoms with Gasteiger partial charge in [-0.3, -0.25) is 10.1 Å². The predicted octanol–water partition coefficient (Wildman–Crippen LogP) is 3.39. The molecule has 2 aromatic rings. The van der Waals surface area contributed by atoms with Crippen LogP contribution >= 0.6 is 0 Å². The molecule has 0 unspecified atom stereocenters. The third-order valence-corrected chi connectivity index (χ3v) is 4.24. The minimum Gasteiger partial charge on any atom is -0.347 e. The molecule has 24 heavy (non-hydrogen) atoms. The monoisotopic (exact) mass is 329 g/mol. The number of benzene rings is 1. The van der Waals surface area contributed by atoms with E-state index in [-0.39, 0.29) is 17.8 Å². The molecule has 2 N–H and O–H groups in total. The van der Waals surface area contributed by atoms with Gasteiger partial charge in [-0.25, -0.2) is 9.78 Å². The van der Waals surface area contributed by atoms with Gasteiger partial charge in [0.25, 0.3) is 5.69 Å². The summed E-state index contributed by atoms with van der Waals surface area (Å²) in [5.41, 5.74) is 1.10. The molecule has 1 aliphatic rings. The molecule has 0 aliphatic carbocycles. The minimum atomic E-state index is -0.432. The number of piperidine rings is 1. The molecule has 2 heterocycles. The van der Waals surface area contributed by atoms with Gasteiger partial charge in [-0.15, -0.1) is 0 Å². The van der Waals surface area contributed by atoms with E-state index >= 15 is 0 Å². The number of aromatic nitrogens is 2. The highest BCUT2D eigenvalue weighted by Gasteiger charge is 2.29. The van der Waals surface area contributed by atoms with Crippen LogP contribution in [0.1, 0.15) is 36.7 Å². The number of nitrogens with one attached hydrogen (secondary N) is 2. The molecule has 1 aromatic heterocycles. The van der Waals surface area contributed by atoms with Crippen molar-refractivity contribution in [3.05, 3.63) is 52.1 Å². The predicted molar refractivity (Wildman–Crippen MR) is 88.7 cm³/mol. The van der Waals surface area contributed by atoms with Gasteiger partial charge in [0.05, 0.1) is 11.0 Å². The van der Waals surface area contributed by atoms with E-state index in [4.69, 9.17) is 0 Å². The van der Waals surface area contributed by atoms with Gasteiger partial charge in [-0.05, 0) is 38.3 Å². The number of hydrogen-bond donors (Lipinski definition) is 2. The van der Waals surface area contributed by atoms with Crippen LogP contribution in [0.5, 0.6) is 0 Å². The number of nitro benzene ring substituents is 1. The van der Waals surface area contributed by atoms with E-state index in [1.165, 1.54) is 6.07 Å². The third kappa shape index (κ3) is 3.22. The number of nitro groups is 1. The topological polar surface area (TPSA) is 104 Å². The number of likely N-dealkylation sites (tertiary alicyclic amines) is 1. The quantitative estimate of drug-likeness (QED) is 0.665. The molecule has 8 nitrogen and oxygen atoms in total. The average Bonchev–Trinajstić information content (AvgIpc) is 3.09. The highest BCUT2D eigenvalue weighted by molar-refractivity contribution is 5.90. The first kappa shape index (κ1) is 16.0. The van der Waals surface area contributed by atoms with Crippen molar-refractivity contribution in [2.24, 2.45) is 0 Å². The van der Waals surface area contributed by atoms with Gasteiger partial charge in [0, 0.05) is 36.3 Å². The van der Waals surface area contributed by atoms with E-state index in [9.17, 15) is 14.9 Å². The number of nitrogens with zero attached hydrogens (tertiary/aromatic N) is 3. The Hall–Kier alpha value is -2.90. The molecular formula is C16H19N5O3. The first-order valence-electron chi connectivity index (χ1n) is 7.88. The summed E-state index contributed by atoms with van der Waals surface area (Å²) in [6, 6.07) is 4.28. The molecule has 1 atom stereocenters. The summed E-state index contributed by atoms with van der Waals surface area (Å²) in [5.74, 6) is 0.782. The van der Waals surface area contributed by atoms with E-state index in [2.05, 4.69) is 15.3 Å². The number of carbonyl (C=O) groups is 1. The van der Waals surface area contributed by atoms with Crippen molar-refractivity contribution < 1.29 is 9.72 Å². The van der Waals surface area contributed by atoms with Crippen LogP contribution in [0.25, 0.3) is 0 Å². The first-order chi connectivity index (χ1) is 11.6. The molecule has 1 aromatic carbocycles. The van der Waals surface area contributed by atoms with Gasteiger partial charge in [-0.2, -0.15) is 0 Å². The molecule has 1 saturated heterocycles. The number of rotatable bonds is 3. The summed E-state index contributed by atoms with van der Waals surface area (Å²) in [5, 5.41) is 13.7. The summed E-state index contributed by atoms with van der Waals surface area (Å²) in [6.07, 6.45) is 6.29. The number of amides is 2. The van der Waals surface area contributed by atoms with Crippen LogP contribution in [0.4, 0.5) is 16.2 Å². The molecule has 0 spiro atoms. The Kier molecular flexibility index (Phi) is 4.45. The van der Waals surface area contributed by atoms with Gasteiger partial charge in [-0.1, -0.05) is 0 Å². The number of imidazole rings is 1. The lowest BCUT2D eigenvalue weighted by atomic mass is 10.0. The number of urea groups is 1. The van der Waals surface area contributed by atoms with Crippen LogP contribution < -0.4 is 5.32 Å². The van der Waals surface area contributed by atoms with Crippen LogP contribution in [0.3, 0.4) is 0 Å². The molecule has 3 rings (SSSR count). The maximum Gasteiger partial charge on any atom is 0.322 e. The second-order valence-corrected chi connectivity index (χ2v) is 5.87. The highest BCUT2D eigenvalue weighted by atomic mass is 16.6. The second kappa shape index (κ2) is 6.69. The number of carbonyl (C=O) groups excluding carboxylic acids is 1. The SMILES string of the molecule is Cc1cc(NC(=O)N2CCCC[C@H]2c2ncc[nH]2)ccc1[N+](=O)[O-]. The maximum atomic E-state index is 12.6. The normalized spacial score (nSPS) is 17.5. The van der Waals surface area contributed by atoms with E-state index in [1.807, 2.05) is 0 Å². The number of hydrogen-bond acceptors (Lipinski definition) is 4. The van der Waals surface area contributed by atoms with Crippen LogP contribution in [-0.2, 0) is 0 Å². The van der Waals surface area contributed by atoms with Gasteiger partial charge in [0.2, 0.25) is 0 Å². The summed E-state index contributed by atoms with van der Waals surface area (Å²) >= 11 is 0. The molecule has 126 valence electrons. The van der Waals surface area contributed by atoms with Crippen molar-refractivity contribution >= 4 is 17.4 Å². The zero-order chi connectivity index (χ0) is 17.1. The van der Waals surface area contributed by atoms with Crippen molar-refractivity contribution in [2.75, 3.05) is 11.9 Å². The zero-order valence-corrected chi connectivity index (χ0v) is 13.4. The van der Waals surface area contributed by atoms with Crippen LogP contribution in [0, 0.1) is 17.0 Å². The lowest BCUT2D eigenvalue weighted by Crippen LogP contribution is -2.41. The zero-order valence-electron chi connectivity index (χ0n) is 13.4. The lowest BCUT2D eigenvalue weighted by Gasteiger charge is -2.34. The summed E-state index contributed by atoms with van der Waals surface area (Å²) in [6.45, 7) is 2.31. The molecule has 0 bridgehead atoms. The average molecular weight is 329 g/mol. The van der Waals surface area contributed by atoms with Crippen molar-refractivity contribution in [3.63, 3.8) is 0 Å². The van der Waals surface area contributed by atoms with E-state index in [0.717, 1.165) is 25.1 Å². The Labute approximate surface area is 139 Å². The maximum absolute atomic E-state index is 12.6. The minimum absolute atomic E-state index is 0.0411. The Bertz CT molecular complexity index is 744. The van der Waals surface area contributed by atoms with Crippen molar-refractivity contribution in [3.8, 4) is 0 Å². The molecule has 0 saturated carbocycles. The van der Waals surface area contributed by atoms with Gasteiger partial charge >= 0.3 is 6.03 Å². The van der Waals surface area contributed by atoms with E-state index < -0.39 is 4.92 Å². The van der Waals surface area contributed by atoms with Gasteiger partial charge in [0.1, 0.15) is 5.82 Å². The van der Waals surface area contributed by atoms with Crippen LogP contribution in [0.2, 0.25) is 0 Å². The first-order valence-corrected chi connectivity index (χ1v) is 7.88. The largest absolute Gasteiger partial charge is 0.347 e. The summed E-state index contributed by atoms with van der Waals surface area (Å²) < 4.78 is 0. The number of aryl methyl sites for hydroxylation is 1. The Morgan fingerprint density at radius 2 is 2.29 bits per heavy atom.